The van der Waals surface area contributed by atoms with Crippen molar-refractivity contribution >= 4 is 0 Å². The van der Waals surface area contributed by atoms with E-state index in [9.17, 15) is 30.6 Å². The summed E-state index contributed by atoms with van der Waals surface area (Å²) in [4.78, 5) is 0. The summed E-state index contributed by atoms with van der Waals surface area (Å²) in [6, 6.07) is -2.72. The number of hydrogen-bond acceptors (Lipinski definition) is 14. The highest BCUT2D eigenvalue weighted by Gasteiger charge is 2.50. The molecule has 0 amide bonds. The summed E-state index contributed by atoms with van der Waals surface area (Å²) < 4.78 is 22.4. The Balaban J connectivity index is 1.71. The molecule has 14 heteroatoms. The maximum Gasteiger partial charge on any atom is 0.186 e. The molecule has 0 aromatic rings. The molecule has 2 saturated heterocycles. The predicted molar refractivity (Wildman–Crippen MR) is 106 cm³/mol. The van der Waals surface area contributed by atoms with Crippen LogP contribution in [0.15, 0.2) is 0 Å². The van der Waals surface area contributed by atoms with Crippen LogP contribution >= 0.6 is 0 Å². The molecule has 188 valence electrons. The molecule has 1 aliphatic carbocycles. The Morgan fingerprint density at radius 2 is 1.31 bits per heavy atom. The third-order valence-electron chi connectivity index (χ3n) is 6.35. The van der Waals surface area contributed by atoms with Gasteiger partial charge in [-0.2, -0.15) is 0 Å². The quantitative estimate of drug-likeness (QED) is 0.174. The molecule has 1 saturated carbocycles. The van der Waals surface area contributed by atoms with Gasteiger partial charge in [-0.1, -0.05) is 0 Å². The topological polar surface area (TPSA) is 262 Å². The molecule has 0 bridgehead atoms. The number of ether oxygens (including phenoxy) is 4. The molecule has 0 aromatic carbocycles. The Labute approximate surface area is 185 Å². The molecule has 0 aromatic heterocycles. The first kappa shape index (κ1) is 26.1. The molecule has 0 spiro atoms. The smallest absolute Gasteiger partial charge is 0.186 e. The van der Waals surface area contributed by atoms with Gasteiger partial charge in [0.2, 0.25) is 0 Å². The van der Waals surface area contributed by atoms with Crippen molar-refractivity contribution in [2.45, 2.75) is 98.5 Å². The van der Waals surface area contributed by atoms with Crippen LogP contribution in [0.3, 0.4) is 0 Å². The highest BCUT2D eigenvalue weighted by molar-refractivity contribution is 5.01. The highest BCUT2D eigenvalue weighted by atomic mass is 16.7. The van der Waals surface area contributed by atoms with Gasteiger partial charge >= 0.3 is 0 Å². The maximum absolute atomic E-state index is 10.9. The molecule has 2 aliphatic heterocycles. The van der Waals surface area contributed by atoms with Crippen molar-refractivity contribution < 1.29 is 49.6 Å². The zero-order valence-corrected chi connectivity index (χ0v) is 17.5. The van der Waals surface area contributed by atoms with Crippen LogP contribution < -0.4 is 22.9 Å². The first-order valence-corrected chi connectivity index (χ1v) is 10.7. The largest absolute Gasteiger partial charge is 0.394 e. The number of hydrogen-bond donors (Lipinski definition) is 10. The summed E-state index contributed by atoms with van der Waals surface area (Å²) in [6.45, 7) is -0.479. The van der Waals surface area contributed by atoms with Gasteiger partial charge < -0.3 is 72.5 Å². The Hall–Kier alpha value is -0.560. The monoisotopic (exact) mass is 468 g/mol. The van der Waals surface area contributed by atoms with Crippen LogP contribution in [0.5, 0.6) is 0 Å². The van der Waals surface area contributed by atoms with Gasteiger partial charge in [-0.25, -0.2) is 0 Å². The van der Waals surface area contributed by atoms with Crippen LogP contribution in [0.25, 0.3) is 0 Å². The number of aliphatic hydroxyl groups is 6. The van der Waals surface area contributed by atoms with Gasteiger partial charge in [0.05, 0.1) is 24.9 Å². The second kappa shape index (κ2) is 10.8. The van der Waals surface area contributed by atoms with Crippen LogP contribution in [0.4, 0.5) is 0 Å². The molecule has 3 aliphatic rings. The highest BCUT2D eigenvalue weighted by Crippen LogP contribution is 2.31. The summed E-state index contributed by atoms with van der Waals surface area (Å²) in [5.74, 6) is 0. The SMILES string of the molecule is NCC1CC(O)C(O)C(OC2C(N)CC(N)C(OC3OC(CO)C(O)C(N)C3O)C2O)O1. The third kappa shape index (κ3) is 5.24. The summed E-state index contributed by atoms with van der Waals surface area (Å²) in [5.41, 5.74) is 23.6. The Bertz CT molecular complexity index is 606. The van der Waals surface area contributed by atoms with E-state index in [0.29, 0.717) is 0 Å². The van der Waals surface area contributed by atoms with E-state index in [-0.39, 0.29) is 19.4 Å². The first-order valence-electron chi connectivity index (χ1n) is 10.7. The molecule has 2 heterocycles. The van der Waals surface area contributed by atoms with Crippen LogP contribution in [-0.4, -0.2) is 129 Å². The molecular weight excluding hydrogens is 432 g/mol. The van der Waals surface area contributed by atoms with Gasteiger partial charge in [0.1, 0.15) is 42.7 Å². The van der Waals surface area contributed by atoms with Gasteiger partial charge in [-0.15, -0.1) is 0 Å². The van der Waals surface area contributed by atoms with Gasteiger partial charge in [0.15, 0.2) is 12.6 Å². The summed E-state index contributed by atoms with van der Waals surface area (Å²) in [6.07, 6.45) is -13.1. The third-order valence-corrected chi connectivity index (χ3v) is 6.35. The van der Waals surface area contributed by atoms with Crippen LogP contribution in [0.2, 0.25) is 0 Å². The minimum Gasteiger partial charge on any atom is -0.394 e. The van der Waals surface area contributed by atoms with E-state index in [1.165, 1.54) is 0 Å². The van der Waals surface area contributed by atoms with E-state index >= 15 is 0 Å². The molecule has 14 nitrogen and oxygen atoms in total. The van der Waals surface area contributed by atoms with E-state index in [2.05, 4.69) is 0 Å². The van der Waals surface area contributed by atoms with E-state index in [1.807, 2.05) is 0 Å². The Kier molecular flexibility index (Phi) is 8.79. The van der Waals surface area contributed by atoms with Crippen molar-refractivity contribution in [2.75, 3.05) is 13.2 Å². The fourth-order valence-corrected chi connectivity index (χ4v) is 4.36. The average molecular weight is 469 g/mol. The molecule has 32 heavy (non-hydrogen) atoms. The predicted octanol–water partition coefficient (Wildman–Crippen LogP) is -6.26. The van der Waals surface area contributed by atoms with Crippen LogP contribution in [-0.2, 0) is 18.9 Å². The van der Waals surface area contributed by atoms with Gasteiger partial charge in [-0.05, 0) is 6.42 Å². The van der Waals surface area contributed by atoms with Gasteiger partial charge in [0, 0.05) is 25.0 Å². The summed E-state index contributed by atoms with van der Waals surface area (Å²) >= 11 is 0. The number of rotatable bonds is 6. The van der Waals surface area contributed by atoms with Crippen molar-refractivity contribution in [2.24, 2.45) is 22.9 Å². The molecule has 3 rings (SSSR count). The maximum atomic E-state index is 10.9. The minimum atomic E-state index is -1.47. The van der Waals surface area contributed by atoms with E-state index in [1.54, 1.807) is 0 Å². The minimum absolute atomic E-state index is 0.0918. The van der Waals surface area contributed by atoms with Crippen molar-refractivity contribution in [1.82, 2.24) is 0 Å². The van der Waals surface area contributed by atoms with E-state index in [0.717, 1.165) is 0 Å². The lowest BCUT2D eigenvalue weighted by molar-refractivity contribution is -0.322. The second-order valence-corrected chi connectivity index (χ2v) is 8.70. The molecule has 3 fully saturated rings. The van der Waals surface area contributed by atoms with E-state index < -0.39 is 92.2 Å². The van der Waals surface area contributed by atoms with Crippen molar-refractivity contribution in [3.63, 3.8) is 0 Å². The zero-order chi connectivity index (χ0) is 23.7. The second-order valence-electron chi connectivity index (χ2n) is 8.70. The molecule has 14 N–H and O–H groups in total. The normalized spacial score (nSPS) is 52.7. The fourth-order valence-electron chi connectivity index (χ4n) is 4.36. The Morgan fingerprint density at radius 3 is 1.84 bits per heavy atom. The first-order chi connectivity index (χ1) is 15.1. The lowest BCUT2D eigenvalue weighted by Gasteiger charge is -2.47. The number of nitrogens with two attached hydrogens (primary N) is 4. The van der Waals surface area contributed by atoms with Crippen LogP contribution in [0, 0.1) is 0 Å². The lowest BCUT2D eigenvalue weighted by Crippen LogP contribution is -2.68. The molecular formula is C18H36N4O10. The summed E-state index contributed by atoms with van der Waals surface area (Å²) in [5, 5.41) is 60.9. The molecule has 0 radical (unpaired) electrons. The summed E-state index contributed by atoms with van der Waals surface area (Å²) in [7, 11) is 0. The van der Waals surface area contributed by atoms with Crippen molar-refractivity contribution in [1.29, 1.82) is 0 Å². The Morgan fingerprint density at radius 1 is 0.750 bits per heavy atom. The fraction of sp³-hybridized carbons (Fsp3) is 1.00. The van der Waals surface area contributed by atoms with E-state index in [4.69, 9.17) is 41.9 Å². The van der Waals surface area contributed by atoms with Gasteiger partial charge in [0.25, 0.3) is 0 Å². The zero-order valence-electron chi connectivity index (χ0n) is 17.5. The number of aliphatic hydroxyl groups excluding tert-OH is 6. The lowest BCUT2D eigenvalue weighted by atomic mass is 9.84. The molecule has 14 atom stereocenters. The molecule has 14 unspecified atom stereocenters. The van der Waals surface area contributed by atoms with Crippen molar-refractivity contribution in [3.8, 4) is 0 Å². The van der Waals surface area contributed by atoms with Crippen molar-refractivity contribution in [3.05, 3.63) is 0 Å². The van der Waals surface area contributed by atoms with Gasteiger partial charge in [-0.3, -0.25) is 0 Å². The standard InChI is InChI=1S/C18H36N4O10/c19-3-5-1-8(24)11(25)17(29-5)31-15-6(20)2-7(21)16(14(15)28)32-18-13(27)10(22)12(26)9(4-23)30-18/h5-18,23-28H,1-4,19-22H2. The van der Waals surface area contributed by atoms with Crippen LogP contribution in [0.1, 0.15) is 12.8 Å². The average Bonchev–Trinajstić information content (AvgIpc) is 2.76.